The van der Waals surface area contributed by atoms with E-state index in [0.717, 1.165) is 17.7 Å². The first-order valence-corrected chi connectivity index (χ1v) is 7.74. The Hall–Kier alpha value is -0.930. The van der Waals surface area contributed by atoms with Gasteiger partial charge in [0, 0.05) is 37.0 Å². The van der Waals surface area contributed by atoms with E-state index in [2.05, 4.69) is 28.1 Å². The molecular formula is C11H19BrN4O2S2. The van der Waals surface area contributed by atoms with Gasteiger partial charge >= 0.3 is 0 Å². The highest BCUT2D eigenvalue weighted by Crippen LogP contribution is 2.24. The molecule has 0 unspecified atom stereocenters. The number of rotatable bonds is 9. The summed E-state index contributed by atoms with van der Waals surface area (Å²) < 4.78 is 0. The van der Waals surface area contributed by atoms with Crippen molar-refractivity contribution in [1.29, 1.82) is 0 Å². The number of nitro groups is 1. The Bertz CT molecular complexity index is 440. The quantitative estimate of drug-likeness (QED) is 0.346. The molecule has 6 nitrogen and oxygen atoms in total. The third kappa shape index (κ3) is 7.61. The summed E-state index contributed by atoms with van der Waals surface area (Å²) in [5, 5.41) is 20.3. The molecule has 0 bridgehead atoms. The van der Waals surface area contributed by atoms with E-state index in [1.165, 1.54) is 9.88 Å². The van der Waals surface area contributed by atoms with Crippen LogP contribution in [0.15, 0.2) is 24.2 Å². The minimum Gasteiger partial charge on any atom is -0.380 e. The first-order chi connectivity index (χ1) is 9.15. The predicted molar refractivity (Wildman–Crippen MR) is 92.5 cm³/mol. The van der Waals surface area contributed by atoms with Crippen LogP contribution in [0, 0.1) is 10.1 Å². The topological polar surface area (TPSA) is 79.2 Å². The van der Waals surface area contributed by atoms with Gasteiger partial charge in [0.1, 0.15) is 0 Å². The Morgan fingerprint density at radius 2 is 2.25 bits per heavy atom. The highest BCUT2D eigenvalue weighted by molar-refractivity contribution is 8.93. The summed E-state index contributed by atoms with van der Waals surface area (Å²) in [7, 11) is 3.56. The zero-order valence-corrected chi connectivity index (χ0v) is 14.7. The van der Waals surface area contributed by atoms with Crippen LogP contribution in [0.4, 0.5) is 5.00 Å². The number of halogens is 1. The molecule has 20 heavy (non-hydrogen) atoms. The molecule has 0 fully saturated rings. The van der Waals surface area contributed by atoms with Crippen LogP contribution in [0.2, 0.25) is 0 Å². The lowest BCUT2D eigenvalue weighted by Crippen LogP contribution is -2.26. The summed E-state index contributed by atoms with van der Waals surface area (Å²) >= 11 is 3.54. The SMILES string of the molecule is Br.CNC(=C[N+](=O)[O-])NCCSCc1ccc(NC)s1. The third-order valence-corrected chi connectivity index (χ3v) is 4.51. The van der Waals surface area contributed by atoms with Gasteiger partial charge in [-0.2, -0.15) is 11.8 Å². The number of thiophene rings is 1. The van der Waals surface area contributed by atoms with Gasteiger partial charge in [0.25, 0.3) is 6.20 Å². The van der Waals surface area contributed by atoms with Crippen LogP contribution in [-0.2, 0) is 5.75 Å². The molecule has 0 aliphatic rings. The summed E-state index contributed by atoms with van der Waals surface area (Å²) in [6.45, 7) is 0.690. The monoisotopic (exact) mass is 382 g/mol. The van der Waals surface area contributed by atoms with Crippen molar-refractivity contribution in [2.24, 2.45) is 0 Å². The van der Waals surface area contributed by atoms with Crippen LogP contribution in [0.25, 0.3) is 0 Å². The van der Waals surface area contributed by atoms with Crippen molar-refractivity contribution in [3.05, 3.63) is 39.1 Å². The molecule has 0 amide bonds. The molecule has 114 valence electrons. The van der Waals surface area contributed by atoms with Crippen LogP contribution in [0.3, 0.4) is 0 Å². The maximum atomic E-state index is 10.3. The Labute approximate surface area is 137 Å². The molecule has 0 aromatic carbocycles. The Morgan fingerprint density at radius 1 is 1.50 bits per heavy atom. The van der Waals surface area contributed by atoms with E-state index < -0.39 is 4.92 Å². The first kappa shape index (κ1) is 19.1. The fourth-order valence-electron chi connectivity index (χ4n) is 1.32. The summed E-state index contributed by atoms with van der Waals surface area (Å²) in [5.74, 6) is 2.28. The summed E-state index contributed by atoms with van der Waals surface area (Å²) in [6, 6.07) is 4.18. The highest BCUT2D eigenvalue weighted by atomic mass is 79.9. The molecule has 3 N–H and O–H groups in total. The maximum Gasteiger partial charge on any atom is 0.274 e. The minimum absolute atomic E-state index is 0. The number of anilines is 1. The molecule has 0 saturated carbocycles. The van der Waals surface area contributed by atoms with Crippen LogP contribution in [0.5, 0.6) is 0 Å². The van der Waals surface area contributed by atoms with Crippen LogP contribution in [-0.4, -0.2) is 31.3 Å². The molecule has 0 aliphatic heterocycles. The Morgan fingerprint density at radius 3 is 2.80 bits per heavy atom. The first-order valence-electron chi connectivity index (χ1n) is 5.77. The van der Waals surface area contributed by atoms with Crippen molar-refractivity contribution in [1.82, 2.24) is 10.6 Å². The van der Waals surface area contributed by atoms with Crippen molar-refractivity contribution >= 4 is 45.1 Å². The van der Waals surface area contributed by atoms with Gasteiger partial charge in [-0.05, 0) is 12.1 Å². The van der Waals surface area contributed by atoms with E-state index in [-0.39, 0.29) is 17.0 Å². The maximum absolute atomic E-state index is 10.3. The van der Waals surface area contributed by atoms with Gasteiger partial charge in [0.05, 0.1) is 9.92 Å². The van der Waals surface area contributed by atoms with Crippen LogP contribution < -0.4 is 16.0 Å². The highest BCUT2D eigenvalue weighted by Gasteiger charge is 2.01. The van der Waals surface area contributed by atoms with Gasteiger partial charge in [-0.3, -0.25) is 10.1 Å². The molecule has 1 heterocycles. The van der Waals surface area contributed by atoms with Crippen LogP contribution >= 0.6 is 40.1 Å². The van der Waals surface area contributed by atoms with Gasteiger partial charge in [0.15, 0.2) is 5.82 Å². The molecule has 0 saturated heterocycles. The molecule has 0 spiro atoms. The molecule has 0 aliphatic carbocycles. The van der Waals surface area contributed by atoms with Crippen molar-refractivity contribution in [2.45, 2.75) is 5.75 Å². The van der Waals surface area contributed by atoms with E-state index in [1.54, 1.807) is 30.1 Å². The molecule has 1 aromatic heterocycles. The second-order valence-corrected chi connectivity index (χ2v) is 5.85. The average Bonchev–Trinajstić information content (AvgIpc) is 2.84. The number of thioether (sulfide) groups is 1. The van der Waals surface area contributed by atoms with E-state index in [9.17, 15) is 10.1 Å². The standard InChI is InChI=1S/C11H18N4O2S2.BrH/c1-12-10(7-15(16)17)14-5-6-18-8-9-3-4-11(13-2)19-9;/h3-4,7,12-14H,5-6,8H2,1-2H3;1H. The smallest absolute Gasteiger partial charge is 0.274 e. The number of hydrogen-bond acceptors (Lipinski definition) is 7. The number of nitrogens with zero attached hydrogens (tertiary/aromatic N) is 1. The van der Waals surface area contributed by atoms with Gasteiger partial charge < -0.3 is 16.0 Å². The van der Waals surface area contributed by atoms with Gasteiger partial charge in [-0.15, -0.1) is 28.3 Å². The number of nitrogens with one attached hydrogen (secondary N) is 3. The van der Waals surface area contributed by atoms with Crippen molar-refractivity contribution in [3.8, 4) is 0 Å². The lowest BCUT2D eigenvalue weighted by Gasteiger charge is -2.07. The summed E-state index contributed by atoms with van der Waals surface area (Å²) in [5.41, 5.74) is 0. The summed E-state index contributed by atoms with van der Waals surface area (Å²) in [4.78, 5) is 11.2. The van der Waals surface area contributed by atoms with E-state index in [0.29, 0.717) is 12.4 Å². The molecule has 9 heteroatoms. The van der Waals surface area contributed by atoms with E-state index >= 15 is 0 Å². The van der Waals surface area contributed by atoms with Crippen molar-refractivity contribution in [3.63, 3.8) is 0 Å². The molecule has 0 radical (unpaired) electrons. The van der Waals surface area contributed by atoms with Gasteiger partial charge in [0.2, 0.25) is 0 Å². The Balaban J connectivity index is 0.00000361. The van der Waals surface area contributed by atoms with Crippen molar-refractivity contribution < 1.29 is 4.92 Å². The van der Waals surface area contributed by atoms with Gasteiger partial charge in [-0.25, -0.2) is 0 Å². The fraction of sp³-hybridized carbons (Fsp3) is 0.455. The normalized spacial score (nSPS) is 10.6. The average molecular weight is 383 g/mol. The summed E-state index contributed by atoms with van der Waals surface area (Å²) in [6.07, 6.45) is 0.934. The molecule has 1 aromatic rings. The lowest BCUT2D eigenvalue weighted by atomic mass is 10.5. The van der Waals surface area contributed by atoms with E-state index in [4.69, 9.17) is 0 Å². The Kier molecular flexibility index (Phi) is 10.3. The number of hydrogen-bond donors (Lipinski definition) is 3. The minimum atomic E-state index is -0.475. The zero-order valence-electron chi connectivity index (χ0n) is 11.3. The second-order valence-electron chi connectivity index (χ2n) is 3.57. The fourth-order valence-corrected chi connectivity index (χ4v) is 3.16. The van der Waals surface area contributed by atoms with Crippen LogP contribution in [0.1, 0.15) is 4.88 Å². The molecule has 1 rings (SSSR count). The lowest BCUT2D eigenvalue weighted by molar-refractivity contribution is -0.404. The largest absolute Gasteiger partial charge is 0.380 e. The van der Waals surface area contributed by atoms with Gasteiger partial charge in [-0.1, -0.05) is 0 Å². The van der Waals surface area contributed by atoms with E-state index in [1.807, 2.05) is 7.05 Å². The molecular weight excluding hydrogens is 364 g/mol. The zero-order chi connectivity index (χ0) is 14.1. The predicted octanol–water partition coefficient (Wildman–Crippen LogP) is 2.49. The van der Waals surface area contributed by atoms with Crippen molar-refractivity contribution in [2.75, 3.05) is 31.7 Å². The molecule has 0 atom stereocenters. The third-order valence-electron chi connectivity index (χ3n) is 2.22. The second kappa shape index (κ2) is 10.8.